The zero-order valence-corrected chi connectivity index (χ0v) is 9.14. The van der Waals surface area contributed by atoms with Gasteiger partial charge in [0.15, 0.2) is 0 Å². The van der Waals surface area contributed by atoms with Crippen LogP contribution in [0.3, 0.4) is 0 Å². The van der Waals surface area contributed by atoms with Crippen molar-refractivity contribution in [1.29, 1.82) is 0 Å². The van der Waals surface area contributed by atoms with E-state index in [4.69, 9.17) is 9.84 Å². The summed E-state index contributed by atoms with van der Waals surface area (Å²) in [7, 11) is 3.01. The molecule has 1 rings (SSSR count). The van der Waals surface area contributed by atoms with Gasteiger partial charge in [-0.15, -0.1) is 0 Å². The quantitative estimate of drug-likeness (QED) is 0.777. The average Bonchev–Trinajstić information content (AvgIpc) is 2.27. The maximum Gasteiger partial charge on any atom is 0.312 e. The summed E-state index contributed by atoms with van der Waals surface area (Å²) in [6.45, 7) is 0. The number of hydrogen-bond donors (Lipinski definition) is 1. The number of ether oxygens (including phenoxy) is 1. The van der Waals surface area contributed by atoms with E-state index in [0.29, 0.717) is 11.4 Å². The normalized spacial score (nSPS) is 9.62. The summed E-state index contributed by atoms with van der Waals surface area (Å²) < 4.78 is 5.08. The monoisotopic (exact) mass is 223 g/mol. The van der Waals surface area contributed by atoms with E-state index in [1.165, 1.54) is 19.1 Å². The number of aliphatic carboxylic acids is 1. The number of benzene rings is 1. The SMILES string of the molecule is COc1ccccc1N(C)C(=O)CC(=O)O. The third-order valence-corrected chi connectivity index (χ3v) is 2.12. The van der Waals surface area contributed by atoms with Crippen LogP contribution in [0.5, 0.6) is 5.75 Å². The second-order valence-electron chi connectivity index (χ2n) is 3.20. The lowest BCUT2D eigenvalue weighted by Crippen LogP contribution is -2.28. The fraction of sp³-hybridized carbons (Fsp3) is 0.273. The number of rotatable bonds is 4. The van der Waals surface area contributed by atoms with E-state index in [1.807, 2.05) is 0 Å². The molecule has 1 N–H and O–H groups in total. The number of anilines is 1. The number of carboxylic acid groups (broad SMARTS) is 1. The Labute approximate surface area is 93.2 Å². The van der Waals surface area contributed by atoms with Gasteiger partial charge in [-0.1, -0.05) is 12.1 Å². The van der Waals surface area contributed by atoms with Crippen molar-refractivity contribution in [3.05, 3.63) is 24.3 Å². The molecule has 0 saturated carbocycles. The van der Waals surface area contributed by atoms with Crippen LogP contribution in [0.1, 0.15) is 6.42 Å². The molecule has 5 nitrogen and oxygen atoms in total. The minimum absolute atomic E-state index is 0.489. The predicted molar refractivity (Wildman–Crippen MR) is 58.7 cm³/mol. The molecule has 0 unspecified atom stereocenters. The Morgan fingerprint density at radius 1 is 1.38 bits per heavy atom. The van der Waals surface area contributed by atoms with E-state index in [0.717, 1.165) is 0 Å². The molecular formula is C11H13NO4. The minimum atomic E-state index is -1.15. The van der Waals surface area contributed by atoms with Gasteiger partial charge in [-0.05, 0) is 12.1 Å². The van der Waals surface area contributed by atoms with E-state index < -0.39 is 18.3 Å². The molecule has 0 aliphatic rings. The molecule has 1 aromatic carbocycles. The van der Waals surface area contributed by atoms with Gasteiger partial charge in [0.05, 0.1) is 12.8 Å². The summed E-state index contributed by atoms with van der Waals surface area (Å²) in [5, 5.41) is 8.53. The Morgan fingerprint density at radius 2 is 2.00 bits per heavy atom. The average molecular weight is 223 g/mol. The number of nitrogens with zero attached hydrogens (tertiary/aromatic N) is 1. The van der Waals surface area contributed by atoms with Crippen LogP contribution in [0, 0.1) is 0 Å². The number of amides is 1. The van der Waals surface area contributed by atoms with Crippen LogP contribution in [0.4, 0.5) is 5.69 Å². The van der Waals surface area contributed by atoms with Crippen LogP contribution in [-0.2, 0) is 9.59 Å². The number of carbonyl (C=O) groups excluding carboxylic acids is 1. The van der Waals surface area contributed by atoms with E-state index in [-0.39, 0.29) is 0 Å². The van der Waals surface area contributed by atoms with Gasteiger partial charge < -0.3 is 14.7 Å². The fourth-order valence-electron chi connectivity index (χ4n) is 1.29. The van der Waals surface area contributed by atoms with E-state index in [1.54, 1.807) is 24.3 Å². The van der Waals surface area contributed by atoms with Gasteiger partial charge in [0, 0.05) is 7.05 Å². The lowest BCUT2D eigenvalue weighted by Gasteiger charge is -2.18. The number of carbonyl (C=O) groups is 2. The van der Waals surface area contributed by atoms with Crippen molar-refractivity contribution < 1.29 is 19.4 Å². The summed E-state index contributed by atoms with van der Waals surface area (Å²) in [4.78, 5) is 23.2. The zero-order valence-electron chi connectivity index (χ0n) is 9.14. The molecule has 0 heterocycles. The summed E-state index contributed by atoms with van der Waals surface area (Å²) in [6.07, 6.45) is -0.533. The standard InChI is InChI=1S/C11H13NO4/c1-12(10(13)7-11(14)15)8-5-3-4-6-9(8)16-2/h3-6H,7H2,1-2H3,(H,14,15). The molecule has 0 aromatic heterocycles. The number of para-hydroxylation sites is 2. The van der Waals surface area contributed by atoms with Gasteiger partial charge in [-0.3, -0.25) is 9.59 Å². The fourth-order valence-corrected chi connectivity index (χ4v) is 1.29. The zero-order chi connectivity index (χ0) is 12.1. The first-order valence-corrected chi connectivity index (χ1v) is 4.67. The molecular weight excluding hydrogens is 210 g/mol. The molecule has 0 bridgehead atoms. The highest BCUT2D eigenvalue weighted by atomic mass is 16.5. The molecule has 0 saturated heterocycles. The molecule has 1 aromatic rings. The summed E-state index contributed by atoms with van der Waals surface area (Å²) in [6, 6.07) is 6.93. The van der Waals surface area contributed by atoms with E-state index >= 15 is 0 Å². The molecule has 0 atom stereocenters. The van der Waals surface area contributed by atoms with Crippen LogP contribution in [0.25, 0.3) is 0 Å². The van der Waals surface area contributed by atoms with Crippen molar-refractivity contribution in [2.24, 2.45) is 0 Å². The van der Waals surface area contributed by atoms with Crippen molar-refractivity contribution in [3.8, 4) is 5.75 Å². The largest absolute Gasteiger partial charge is 0.495 e. The summed E-state index contributed by atoms with van der Waals surface area (Å²) >= 11 is 0. The van der Waals surface area contributed by atoms with E-state index in [9.17, 15) is 9.59 Å². The molecule has 16 heavy (non-hydrogen) atoms. The first-order chi connectivity index (χ1) is 7.56. The van der Waals surface area contributed by atoms with Gasteiger partial charge in [-0.2, -0.15) is 0 Å². The smallest absolute Gasteiger partial charge is 0.312 e. The van der Waals surface area contributed by atoms with Crippen molar-refractivity contribution in [1.82, 2.24) is 0 Å². The lowest BCUT2D eigenvalue weighted by atomic mass is 10.2. The van der Waals surface area contributed by atoms with Crippen molar-refractivity contribution >= 4 is 17.6 Å². The van der Waals surface area contributed by atoms with Crippen molar-refractivity contribution in [2.45, 2.75) is 6.42 Å². The molecule has 0 fully saturated rings. The van der Waals surface area contributed by atoms with Crippen LogP contribution in [-0.4, -0.2) is 31.1 Å². The second-order valence-corrected chi connectivity index (χ2v) is 3.20. The maximum atomic E-state index is 11.5. The molecule has 0 aliphatic carbocycles. The van der Waals surface area contributed by atoms with Crippen molar-refractivity contribution in [3.63, 3.8) is 0 Å². The molecule has 0 spiro atoms. The molecule has 1 amide bonds. The highest BCUT2D eigenvalue weighted by Gasteiger charge is 2.17. The molecule has 86 valence electrons. The lowest BCUT2D eigenvalue weighted by molar-refractivity contribution is -0.140. The Kier molecular flexibility index (Phi) is 3.88. The van der Waals surface area contributed by atoms with E-state index in [2.05, 4.69) is 0 Å². The maximum absolute atomic E-state index is 11.5. The third kappa shape index (κ3) is 2.73. The molecule has 0 aliphatic heterocycles. The highest BCUT2D eigenvalue weighted by molar-refractivity contribution is 6.03. The Balaban J connectivity index is 2.91. The van der Waals surface area contributed by atoms with Gasteiger partial charge in [0.2, 0.25) is 5.91 Å². The second kappa shape index (κ2) is 5.16. The number of methoxy groups -OCH3 is 1. The van der Waals surface area contributed by atoms with Crippen LogP contribution < -0.4 is 9.64 Å². The van der Waals surface area contributed by atoms with Crippen LogP contribution in [0.2, 0.25) is 0 Å². The van der Waals surface area contributed by atoms with Crippen LogP contribution in [0.15, 0.2) is 24.3 Å². The first-order valence-electron chi connectivity index (χ1n) is 4.67. The topological polar surface area (TPSA) is 66.8 Å². The Morgan fingerprint density at radius 3 is 2.56 bits per heavy atom. The van der Waals surface area contributed by atoms with Gasteiger partial charge >= 0.3 is 5.97 Å². The highest BCUT2D eigenvalue weighted by Crippen LogP contribution is 2.26. The Bertz CT molecular complexity index is 403. The summed E-state index contributed by atoms with van der Waals surface area (Å²) in [5.74, 6) is -1.10. The van der Waals surface area contributed by atoms with Crippen LogP contribution >= 0.6 is 0 Å². The van der Waals surface area contributed by atoms with Gasteiger partial charge in [0.1, 0.15) is 12.2 Å². The Hall–Kier alpha value is -2.04. The predicted octanol–water partition coefficient (Wildman–Crippen LogP) is 1.13. The van der Waals surface area contributed by atoms with Gasteiger partial charge in [-0.25, -0.2) is 0 Å². The number of hydrogen-bond acceptors (Lipinski definition) is 3. The number of carboxylic acids is 1. The van der Waals surface area contributed by atoms with Gasteiger partial charge in [0.25, 0.3) is 0 Å². The molecule has 0 radical (unpaired) electrons. The summed E-state index contributed by atoms with van der Waals surface area (Å²) in [5.41, 5.74) is 0.552. The third-order valence-electron chi connectivity index (χ3n) is 2.12. The minimum Gasteiger partial charge on any atom is -0.495 e. The first kappa shape index (κ1) is 12.0. The van der Waals surface area contributed by atoms with Crippen molar-refractivity contribution in [2.75, 3.05) is 19.1 Å². The molecule has 5 heteroatoms.